The molecule has 4 unspecified atom stereocenters. The van der Waals surface area contributed by atoms with Gasteiger partial charge in [0.1, 0.15) is 29.3 Å². The quantitative estimate of drug-likeness (QED) is 0.175. The zero-order chi connectivity index (χ0) is 38.7. The predicted octanol–water partition coefficient (Wildman–Crippen LogP) is 1.72. The van der Waals surface area contributed by atoms with Gasteiger partial charge < -0.3 is 40.4 Å². The van der Waals surface area contributed by atoms with Gasteiger partial charge in [0.2, 0.25) is 23.6 Å². The molecule has 0 aromatic heterocycles. The van der Waals surface area contributed by atoms with Crippen LogP contribution in [0, 0.1) is 0 Å². The van der Waals surface area contributed by atoms with Crippen molar-refractivity contribution in [1.29, 1.82) is 0 Å². The highest BCUT2D eigenvalue weighted by Gasteiger charge is 2.50. The summed E-state index contributed by atoms with van der Waals surface area (Å²) in [6.45, 7) is 14.3. The van der Waals surface area contributed by atoms with E-state index in [9.17, 15) is 28.8 Å². The fraction of sp³-hybridized carbons (Fsp3) is 0.676. The number of ether oxygens (including phenoxy) is 3. The largest absolute Gasteiger partial charge is 0.460 e. The number of carbonyl (C=O) groups excluding carboxylic acids is 6. The van der Waals surface area contributed by atoms with E-state index in [-0.39, 0.29) is 38.9 Å². The summed E-state index contributed by atoms with van der Waals surface area (Å²) in [6, 6.07) is 5.74. The van der Waals surface area contributed by atoms with E-state index in [2.05, 4.69) is 26.6 Å². The molecule has 1 aromatic carbocycles. The van der Waals surface area contributed by atoms with E-state index in [1.54, 1.807) is 72.7 Å². The van der Waals surface area contributed by atoms with Gasteiger partial charge in [0.15, 0.2) is 0 Å². The molecule has 2 saturated heterocycles. The topological polar surface area (TPSA) is 194 Å². The molecule has 15 heteroatoms. The first-order chi connectivity index (χ1) is 24.3. The van der Waals surface area contributed by atoms with Crippen molar-refractivity contribution >= 4 is 35.7 Å². The molecule has 52 heavy (non-hydrogen) atoms. The lowest BCUT2D eigenvalue weighted by atomic mass is 9.87. The SMILES string of the molecule is CCCCOC(C)C1NC2(CNC(=O)C(CCC(=O)OC(C)(C)C)NC(=O)C(Cc3ccccc3)NC(=O)CNC1=O)CN(C(=O)OC(C)(C)C)C2. The van der Waals surface area contributed by atoms with Gasteiger partial charge in [0.25, 0.3) is 0 Å². The third-order valence-corrected chi connectivity index (χ3v) is 8.38. The smallest absolute Gasteiger partial charge is 0.410 e. The van der Waals surface area contributed by atoms with Crippen LogP contribution < -0.4 is 26.6 Å². The molecule has 0 radical (unpaired) electrons. The number of nitrogens with zero attached hydrogens (tertiary/aromatic N) is 1. The van der Waals surface area contributed by atoms with Crippen LogP contribution in [0.3, 0.4) is 0 Å². The molecule has 5 amide bonds. The number of hydrogen-bond donors (Lipinski definition) is 5. The van der Waals surface area contributed by atoms with Crippen LogP contribution in [0.25, 0.3) is 0 Å². The molecule has 2 aliphatic heterocycles. The van der Waals surface area contributed by atoms with Crippen molar-refractivity contribution in [2.75, 3.05) is 32.8 Å². The van der Waals surface area contributed by atoms with Gasteiger partial charge in [-0.2, -0.15) is 0 Å². The first-order valence-corrected chi connectivity index (χ1v) is 18.1. The Labute approximate surface area is 307 Å². The number of esters is 1. The Bertz CT molecular complexity index is 1400. The highest BCUT2D eigenvalue weighted by atomic mass is 16.6. The molecular weight excluding hydrogens is 672 g/mol. The molecule has 2 aliphatic rings. The fourth-order valence-corrected chi connectivity index (χ4v) is 5.79. The van der Waals surface area contributed by atoms with Crippen LogP contribution >= 0.6 is 0 Å². The van der Waals surface area contributed by atoms with Crippen molar-refractivity contribution in [3.63, 3.8) is 0 Å². The molecule has 4 atom stereocenters. The van der Waals surface area contributed by atoms with Crippen LogP contribution in [0.2, 0.25) is 0 Å². The number of nitrogens with one attached hydrogen (secondary N) is 5. The van der Waals surface area contributed by atoms with E-state index in [4.69, 9.17) is 14.2 Å². The Morgan fingerprint density at radius 2 is 1.54 bits per heavy atom. The number of amides is 5. The third-order valence-electron chi connectivity index (χ3n) is 8.38. The summed E-state index contributed by atoms with van der Waals surface area (Å²) in [5.41, 5.74) is -1.76. The van der Waals surface area contributed by atoms with Gasteiger partial charge in [-0.25, -0.2) is 4.79 Å². The van der Waals surface area contributed by atoms with E-state index >= 15 is 0 Å². The second-order valence-electron chi connectivity index (χ2n) is 15.6. The summed E-state index contributed by atoms with van der Waals surface area (Å²) in [5, 5.41) is 14.3. The summed E-state index contributed by atoms with van der Waals surface area (Å²) in [6.07, 6.45) is 0.265. The van der Waals surface area contributed by atoms with Gasteiger partial charge in [0.05, 0.1) is 18.2 Å². The molecule has 1 spiro atoms. The molecule has 1 aromatic rings. The normalized spacial score (nSPS) is 22.4. The molecule has 5 N–H and O–H groups in total. The first kappa shape index (κ1) is 42.2. The third kappa shape index (κ3) is 13.7. The van der Waals surface area contributed by atoms with Crippen LogP contribution in [0.4, 0.5) is 4.79 Å². The highest BCUT2D eigenvalue weighted by molar-refractivity contribution is 5.94. The predicted molar refractivity (Wildman–Crippen MR) is 193 cm³/mol. The molecule has 2 fully saturated rings. The van der Waals surface area contributed by atoms with Crippen LogP contribution in [-0.2, 0) is 44.6 Å². The Hall–Kier alpha value is -4.24. The summed E-state index contributed by atoms with van der Waals surface area (Å²) in [7, 11) is 0. The van der Waals surface area contributed by atoms with E-state index in [0.29, 0.717) is 6.61 Å². The van der Waals surface area contributed by atoms with Gasteiger partial charge in [-0.1, -0.05) is 43.7 Å². The van der Waals surface area contributed by atoms with Gasteiger partial charge in [-0.3, -0.25) is 29.3 Å². The lowest BCUT2D eigenvalue weighted by molar-refractivity contribution is -0.155. The summed E-state index contributed by atoms with van der Waals surface area (Å²) < 4.78 is 17.0. The Morgan fingerprint density at radius 1 is 0.885 bits per heavy atom. The molecule has 3 rings (SSSR count). The molecule has 15 nitrogen and oxygen atoms in total. The van der Waals surface area contributed by atoms with Crippen molar-refractivity contribution in [3.05, 3.63) is 35.9 Å². The minimum absolute atomic E-state index is 0.0555. The van der Waals surface area contributed by atoms with Crippen molar-refractivity contribution in [2.45, 2.75) is 128 Å². The van der Waals surface area contributed by atoms with Gasteiger partial charge in [0, 0.05) is 39.1 Å². The molecule has 0 bridgehead atoms. The number of benzene rings is 1. The van der Waals surface area contributed by atoms with Crippen molar-refractivity contribution in [3.8, 4) is 0 Å². The summed E-state index contributed by atoms with van der Waals surface area (Å²) >= 11 is 0. The lowest BCUT2D eigenvalue weighted by Gasteiger charge is -2.52. The zero-order valence-electron chi connectivity index (χ0n) is 31.9. The standard InChI is InChI=1S/C37H58N6O9/c1-9-10-18-50-24(2)30-33(48)38-20-28(44)40-27(19-25-14-12-11-13-15-25)32(47)41-26(16-17-29(45)51-35(3,4)5)31(46)39-21-37(42-30)22-43(23-37)34(49)52-36(6,7)8/h11-15,24,26-27,30,42H,9-10,16-23H2,1-8H3,(H,38,48)(H,39,46)(H,40,44)(H,41,47). The molecule has 0 aliphatic carbocycles. The maximum Gasteiger partial charge on any atom is 0.410 e. The Morgan fingerprint density at radius 3 is 2.15 bits per heavy atom. The van der Waals surface area contributed by atoms with Crippen LogP contribution in [0.5, 0.6) is 0 Å². The van der Waals surface area contributed by atoms with E-state index in [1.165, 1.54) is 4.90 Å². The monoisotopic (exact) mass is 730 g/mol. The van der Waals surface area contributed by atoms with Crippen molar-refractivity contribution in [2.24, 2.45) is 0 Å². The maximum atomic E-state index is 13.9. The highest BCUT2D eigenvalue weighted by Crippen LogP contribution is 2.25. The average molecular weight is 731 g/mol. The zero-order valence-corrected chi connectivity index (χ0v) is 31.9. The number of carbonyl (C=O) groups is 6. The fourth-order valence-electron chi connectivity index (χ4n) is 5.79. The van der Waals surface area contributed by atoms with Gasteiger partial charge in [-0.05, 0) is 66.9 Å². The van der Waals surface area contributed by atoms with E-state index in [1.807, 2.05) is 13.0 Å². The van der Waals surface area contributed by atoms with Crippen LogP contribution in [0.1, 0.15) is 86.6 Å². The number of rotatable bonds is 10. The molecule has 290 valence electrons. The van der Waals surface area contributed by atoms with Crippen molar-refractivity contribution < 1.29 is 43.0 Å². The van der Waals surface area contributed by atoms with E-state index < -0.39 is 83.2 Å². The summed E-state index contributed by atoms with van der Waals surface area (Å²) in [4.78, 5) is 81.8. The maximum absolute atomic E-state index is 13.9. The molecule has 2 heterocycles. The molecular formula is C37H58N6O9. The molecule has 0 saturated carbocycles. The lowest BCUT2D eigenvalue weighted by Crippen LogP contribution is -2.77. The second-order valence-corrected chi connectivity index (χ2v) is 15.6. The Balaban J connectivity index is 1.97. The average Bonchev–Trinajstić information content (AvgIpc) is 3.02. The first-order valence-electron chi connectivity index (χ1n) is 18.1. The van der Waals surface area contributed by atoms with Gasteiger partial charge >= 0.3 is 12.1 Å². The minimum Gasteiger partial charge on any atom is -0.460 e. The number of hydrogen-bond acceptors (Lipinski definition) is 10. The number of unbranched alkanes of at least 4 members (excludes halogenated alkanes) is 1. The van der Waals surface area contributed by atoms with Crippen LogP contribution in [-0.4, -0.2) is 114 Å². The number of likely N-dealkylation sites (tertiary alicyclic amines) is 1. The van der Waals surface area contributed by atoms with Gasteiger partial charge in [-0.15, -0.1) is 0 Å². The minimum atomic E-state index is -1.19. The second kappa shape index (κ2) is 18.5. The Kier molecular flexibility index (Phi) is 15.0. The van der Waals surface area contributed by atoms with Crippen molar-refractivity contribution in [1.82, 2.24) is 31.5 Å². The summed E-state index contributed by atoms with van der Waals surface area (Å²) in [5.74, 6) is -2.95. The van der Waals surface area contributed by atoms with Crippen LogP contribution in [0.15, 0.2) is 30.3 Å². The van der Waals surface area contributed by atoms with E-state index in [0.717, 1.165) is 18.4 Å².